The van der Waals surface area contributed by atoms with Gasteiger partial charge in [-0.15, -0.1) is 0 Å². The number of carboxylic acids is 1. The van der Waals surface area contributed by atoms with Crippen LogP contribution in [0, 0.1) is 0 Å². The van der Waals surface area contributed by atoms with Crippen LogP contribution < -0.4 is 5.73 Å². The van der Waals surface area contributed by atoms with Gasteiger partial charge in [0, 0.05) is 12.8 Å². The number of phosphoric ester groups is 1. The van der Waals surface area contributed by atoms with Crippen molar-refractivity contribution in [2.45, 2.75) is 187 Å². The summed E-state index contributed by atoms with van der Waals surface area (Å²) in [7, 11) is -4.73. The van der Waals surface area contributed by atoms with Crippen LogP contribution >= 0.6 is 7.82 Å². The first kappa shape index (κ1) is 52.4. The number of esters is 2. The normalized spacial score (nSPS) is 14.3. The van der Waals surface area contributed by atoms with E-state index in [0.29, 0.717) is 19.3 Å². The Morgan fingerprint density at radius 1 is 0.564 bits per heavy atom. The summed E-state index contributed by atoms with van der Waals surface area (Å²) in [6.45, 7) is 2.71. The van der Waals surface area contributed by atoms with Crippen LogP contribution in [0.1, 0.15) is 174 Å². The highest BCUT2D eigenvalue weighted by Crippen LogP contribution is 2.43. The molecule has 0 aliphatic rings. The molecular formula is C43H76NO10P. The molecular weight excluding hydrogens is 721 g/mol. The molecule has 0 aromatic rings. The Morgan fingerprint density at radius 3 is 1.49 bits per heavy atom. The first-order valence-electron chi connectivity index (χ1n) is 21.2. The highest BCUT2D eigenvalue weighted by atomic mass is 31.2. The lowest BCUT2D eigenvalue weighted by molar-refractivity contribution is -0.161. The zero-order valence-corrected chi connectivity index (χ0v) is 35.2. The molecule has 0 bridgehead atoms. The molecule has 55 heavy (non-hydrogen) atoms. The first-order chi connectivity index (χ1) is 26.6. The van der Waals surface area contributed by atoms with E-state index in [1.807, 2.05) is 12.2 Å². The van der Waals surface area contributed by atoms with E-state index in [2.05, 4.69) is 54.8 Å². The summed E-state index contributed by atoms with van der Waals surface area (Å²) in [5.74, 6) is -2.45. The number of hydrogen-bond donors (Lipinski definition) is 3. The SMILES string of the molecule is CCCCC/C=C\C/C=C\C/C=C\C/C=C\CCCC(=O)O[C@H](COC(=O)CCCCCCCCCCCCCCCC)COP(=O)(O)OC[C@H](N)C(=O)O. The summed E-state index contributed by atoms with van der Waals surface area (Å²) in [6, 6.07) is -1.53. The molecule has 0 radical (unpaired) electrons. The number of aliphatic carboxylic acids is 1. The highest BCUT2D eigenvalue weighted by molar-refractivity contribution is 7.47. The molecule has 0 aliphatic heterocycles. The van der Waals surface area contributed by atoms with E-state index < -0.39 is 51.1 Å². The maximum absolute atomic E-state index is 12.6. The van der Waals surface area contributed by atoms with Crippen LogP contribution in [-0.2, 0) is 37.5 Å². The number of rotatable bonds is 39. The maximum atomic E-state index is 12.6. The van der Waals surface area contributed by atoms with Gasteiger partial charge in [0.2, 0.25) is 0 Å². The Balaban J connectivity index is 4.48. The number of hydrogen-bond acceptors (Lipinski definition) is 9. The van der Waals surface area contributed by atoms with Gasteiger partial charge in [0.25, 0.3) is 0 Å². The highest BCUT2D eigenvalue weighted by Gasteiger charge is 2.28. The van der Waals surface area contributed by atoms with E-state index in [1.165, 1.54) is 83.5 Å². The molecule has 0 amide bonds. The first-order valence-corrected chi connectivity index (χ1v) is 22.7. The molecule has 318 valence electrons. The number of phosphoric acid groups is 1. The number of allylic oxidation sites excluding steroid dienone is 8. The molecule has 0 saturated carbocycles. The quantitative estimate of drug-likeness (QED) is 0.0234. The van der Waals surface area contributed by atoms with E-state index in [4.69, 9.17) is 24.8 Å². The third-order valence-electron chi connectivity index (χ3n) is 8.83. The number of unbranched alkanes of at least 4 members (excludes halogenated alkanes) is 17. The summed E-state index contributed by atoms with van der Waals surface area (Å²) in [6.07, 6.45) is 41.8. The van der Waals surface area contributed by atoms with Crippen molar-refractivity contribution in [1.82, 2.24) is 0 Å². The van der Waals surface area contributed by atoms with Crippen molar-refractivity contribution in [3.8, 4) is 0 Å². The number of carboxylic acid groups (broad SMARTS) is 1. The average Bonchev–Trinajstić information content (AvgIpc) is 3.16. The van der Waals surface area contributed by atoms with Crippen LogP contribution in [0.2, 0.25) is 0 Å². The molecule has 1 unspecified atom stereocenters. The van der Waals surface area contributed by atoms with Crippen LogP contribution in [0.15, 0.2) is 48.6 Å². The predicted octanol–water partition coefficient (Wildman–Crippen LogP) is 11.0. The fourth-order valence-corrected chi connectivity index (χ4v) is 6.25. The minimum absolute atomic E-state index is 0.0856. The van der Waals surface area contributed by atoms with Crippen molar-refractivity contribution in [2.24, 2.45) is 5.73 Å². The number of nitrogens with two attached hydrogens (primary N) is 1. The second-order valence-corrected chi connectivity index (χ2v) is 15.6. The van der Waals surface area contributed by atoms with Crippen LogP contribution in [0.25, 0.3) is 0 Å². The minimum Gasteiger partial charge on any atom is -0.480 e. The molecule has 0 spiro atoms. The van der Waals surface area contributed by atoms with E-state index in [1.54, 1.807) is 0 Å². The number of ether oxygens (including phenoxy) is 2. The minimum atomic E-state index is -4.73. The lowest BCUT2D eigenvalue weighted by Gasteiger charge is -2.20. The van der Waals surface area contributed by atoms with E-state index >= 15 is 0 Å². The van der Waals surface area contributed by atoms with Crippen molar-refractivity contribution in [2.75, 3.05) is 19.8 Å². The Labute approximate surface area is 333 Å². The Kier molecular flexibility index (Phi) is 36.5. The molecule has 0 aromatic heterocycles. The van der Waals surface area contributed by atoms with Gasteiger partial charge in [-0.2, -0.15) is 0 Å². The molecule has 0 fully saturated rings. The smallest absolute Gasteiger partial charge is 0.472 e. The van der Waals surface area contributed by atoms with Crippen molar-refractivity contribution >= 4 is 25.7 Å². The Bertz CT molecular complexity index is 1120. The second-order valence-electron chi connectivity index (χ2n) is 14.1. The summed E-state index contributed by atoms with van der Waals surface area (Å²) in [5.41, 5.74) is 5.32. The molecule has 4 N–H and O–H groups in total. The zero-order chi connectivity index (χ0) is 40.7. The molecule has 0 heterocycles. The van der Waals surface area contributed by atoms with Gasteiger partial charge in [-0.3, -0.25) is 23.4 Å². The molecule has 3 atom stereocenters. The molecule has 11 nitrogen and oxygen atoms in total. The maximum Gasteiger partial charge on any atom is 0.472 e. The summed E-state index contributed by atoms with van der Waals surface area (Å²) in [5, 5.41) is 8.88. The molecule has 12 heteroatoms. The largest absolute Gasteiger partial charge is 0.480 e. The van der Waals surface area contributed by atoms with Gasteiger partial charge in [-0.25, -0.2) is 4.57 Å². The van der Waals surface area contributed by atoms with Crippen LogP contribution in [0.4, 0.5) is 0 Å². The fraction of sp³-hybridized carbons (Fsp3) is 0.744. The summed E-state index contributed by atoms with van der Waals surface area (Å²) in [4.78, 5) is 45.9. The Morgan fingerprint density at radius 2 is 0.982 bits per heavy atom. The second kappa shape index (κ2) is 38.3. The standard InChI is InChI=1S/C43H76NO10P/c1-3-5-7-9-11-13-15-17-19-20-21-23-25-27-29-31-33-35-42(46)54-39(37-52-55(49,50)53-38-40(44)43(47)48)36-51-41(45)34-32-30-28-26-24-22-18-16-14-12-10-8-6-4-2/h11,13,17,19,21,23,27,29,39-40H,3-10,12,14-16,18,20,22,24-26,28,30-38,44H2,1-2H3,(H,47,48)(H,49,50)/b13-11-,19-17-,23-21-,29-27-/t39-,40+/m1/s1. The van der Waals surface area contributed by atoms with Gasteiger partial charge in [-0.1, -0.05) is 159 Å². The van der Waals surface area contributed by atoms with Crippen LogP contribution in [0.3, 0.4) is 0 Å². The van der Waals surface area contributed by atoms with E-state index in [-0.39, 0.29) is 19.4 Å². The van der Waals surface area contributed by atoms with E-state index in [0.717, 1.165) is 44.9 Å². The van der Waals surface area contributed by atoms with Crippen molar-refractivity contribution < 1.29 is 47.5 Å². The lowest BCUT2D eigenvalue weighted by Crippen LogP contribution is -2.34. The van der Waals surface area contributed by atoms with Gasteiger partial charge in [-0.05, 0) is 51.4 Å². The summed E-state index contributed by atoms with van der Waals surface area (Å²) >= 11 is 0. The molecule has 0 aliphatic carbocycles. The zero-order valence-electron chi connectivity index (χ0n) is 34.3. The molecule has 0 rings (SSSR count). The lowest BCUT2D eigenvalue weighted by atomic mass is 10.0. The van der Waals surface area contributed by atoms with Gasteiger partial charge in [0.15, 0.2) is 6.10 Å². The van der Waals surface area contributed by atoms with Gasteiger partial charge in [0.1, 0.15) is 12.6 Å². The average molecular weight is 798 g/mol. The summed E-state index contributed by atoms with van der Waals surface area (Å²) < 4.78 is 32.6. The Hall–Kier alpha value is -2.56. The van der Waals surface area contributed by atoms with Crippen molar-refractivity contribution in [3.63, 3.8) is 0 Å². The number of carbonyl (C=O) groups excluding carboxylic acids is 2. The topological polar surface area (TPSA) is 172 Å². The van der Waals surface area contributed by atoms with Gasteiger partial charge in [0.05, 0.1) is 13.2 Å². The third-order valence-corrected chi connectivity index (χ3v) is 9.78. The number of carbonyl (C=O) groups is 3. The van der Waals surface area contributed by atoms with Gasteiger partial charge >= 0.3 is 25.7 Å². The van der Waals surface area contributed by atoms with Crippen molar-refractivity contribution in [1.29, 1.82) is 0 Å². The third kappa shape index (κ3) is 38.1. The van der Waals surface area contributed by atoms with Crippen LogP contribution in [0.5, 0.6) is 0 Å². The van der Waals surface area contributed by atoms with Crippen molar-refractivity contribution in [3.05, 3.63) is 48.6 Å². The molecule has 0 aromatic carbocycles. The van der Waals surface area contributed by atoms with E-state index in [9.17, 15) is 23.8 Å². The molecule has 0 saturated heterocycles. The monoisotopic (exact) mass is 798 g/mol. The fourth-order valence-electron chi connectivity index (χ4n) is 5.47. The van der Waals surface area contributed by atoms with Gasteiger partial charge < -0.3 is 25.2 Å². The van der Waals surface area contributed by atoms with Crippen LogP contribution in [-0.4, -0.2) is 59.9 Å². The predicted molar refractivity (Wildman–Crippen MR) is 222 cm³/mol.